The normalized spacial score (nSPS) is 17.3. The predicted molar refractivity (Wildman–Crippen MR) is 67.7 cm³/mol. The van der Waals surface area contributed by atoms with Crippen LogP contribution >= 0.6 is 0 Å². The van der Waals surface area contributed by atoms with Crippen molar-refractivity contribution in [3.05, 3.63) is 29.8 Å². The number of hydrogen-bond acceptors (Lipinski definition) is 2. The molecule has 17 heavy (non-hydrogen) atoms. The van der Waals surface area contributed by atoms with Crippen LogP contribution in [0.25, 0.3) is 0 Å². The molecule has 1 fully saturated rings. The molecule has 0 saturated heterocycles. The van der Waals surface area contributed by atoms with Crippen molar-refractivity contribution in [2.45, 2.75) is 38.7 Å². The van der Waals surface area contributed by atoms with Crippen molar-refractivity contribution in [1.29, 1.82) is 0 Å². The number of rotatable bonds is 4. The number of amides is 1. The van der Waals surface area contributed by atoms with E-state index in [0.29, 0.717) is 12.3 Å². The van der Waals surface area contributed by atoms with Crippen LogP contribution in [0.5, 0.6) is 0 Å². The van der Waals surface area contributed by atoms with Gasteiger partial charge in [-0.15, -0.1) is 0 Å². The number of carbonyl (C=O) groups is 1. The van der Waals surface area contributed by atoms with Gasteiger partial charge in [-0.3, -0.25) is 4.79 Å². The highest BCUT2D eigenvalue weighted by Crippen LogP contribution is 2.30. The van der Waals surface area contributed by atoms with Gasteiger partial charge in [0.25, 0.3) is 0 Å². The fourth-order valence-electron chi connectivity index (χ4n) is 2.14. The molecule has 1 aromatic carbocycles. The Morgan fingerprint density at radius 1 is 1.47 bits per heavy atom. The molecule has 1 saturated carbocycles. The minimum atomic E-state index is -0.560. The first-order valence-electron chi connectivity index (χ1n) is 6.23. The fraction of sp³-hybridized carbons (Fsp3) is 0.500. The zero-order valence-corrected chi connectivity index (χ0v) is 10.1. The van der Waals surface area contributed by atoms with E-state index >= 15 is 0 Å². The number of hydrogen-bond donors (Lipinski definition) is 2. The van der Waals surface area contributed by atoms with Crippen molar-refractivity contribution in [2.75, 3.05) is 5.32 Å². The minimum absolute atomic E-state index is 0.0581. The van der Waals surface area contributed by atoms with Crippen molar-refractivity contribution in [1.82, 2.24) is 0 Å². The van der Waals surface area contributed by atoms with E-state index < -0.39 is 6.10 Å². The van der Waals surface area contributed by atoms with E-state index in [1.165, 1.54) is 19.3 Å². The van der Waals surface area contributed by atoms with Gasteiger partial charge in [0.05, 0.1) is 6.10 Å². The standard InChI is InChI=1S/C14H19NO2/c1-10(16)12-7-2-3-8-13(12)15-14(17)9-11-5-4-6-11/h2-3,7-8,10-11,16H,4-6,9H2,1H3,(H,15,17). The molecule has 0 spiro atoms. The summed E-state index contributed by atoms with van der Waals surface area (Å²) in [6.07, 6.45) is 3.64. The van der Waals surface area contributed by atoms with Crippen LogP contribution in [0.15, 0.2) is 24.3 Å². The maximum Gasteiger partial charge on any atom is 0.224 e. The maximum atomic E-state index is 11.8. The van der Waals surface area contributed by atoms with Gasteiger partial charge in [-0.05, 0) is 31.7 Å². The molecule has 92 valence electrons. The lowest BCUT2D eigenvalue weighted by Gasteiger charge is -2.24. The van der Waals surface area contributed by atoms with Gasteiger partial charge in [0.1, 0.15) is 0 Å². The summed E-state index contributed by atoms with van der Waals surface area (Å²) in [6.45, 7) is 1.71. The van der Waals surface area contributed by atoms with Crippen molar-refractivity contribution in [3.63, 3.8) is 0 Å². The van der Waals surface area contributed by atoms with E-state index in [9.17, 15) is 9.90 Å². The third-order valence-electron chi connectivity index (χ3n) is 3.38. The van der Waals surface area contributed by atoms with E-state index in [1.54, 1.807) is 6.92 Å². The Labute approximate surface area is 102 Å². The van der Waals surface area contributed by atoms with E-state index in [2.05, 4.69) is 5.32 Å². The Kier molecular flexibility index (Phi) is 3.79. The molecule has 2 rings (SSSR count). The first kappa shape index (κ1) is 12.1. The van der Waals surface area contributed by atoms with Crippen LogP contribution < -0.4 is 5.32 Å². The number of nitrogens with one attached hydrogen (secondary N) is 1. The van der Waals surface area contributed by atoms with Gasteiger partial charge >= 0.3 is 0 Å². The van der Waals surface area contributed by atoms with Crippen LogP contribution in [-0.2, 0) is 4.79 Å². The molecule has 1 amide bonds. The van der Waals surface area contributed by atoms with Crippen LogP contribution in [-0.4, -0.2) is 11.0 Å². The number of para-hydroxylation sites is 1. The molecular formula is C14H19NO2. The number of anilines is 1. The Hall–Kier alpha value is -1.35. The van der Waals surface area contributed by atoms with E-state index in [1.807, 2.05) is 24.3 Å². The molecule has 3 nitrogen and oxygen atoms in total. The van der Waals surface area contributed by atoms with Crippen LogP contribution in [0.2, 0.25) is 0 Å². The summed E-state index contributed by atoms with van der Waals surface area (Å²) in [6, 6.07) is 7.40. The van der Waals surface area contributed by atoms with Crippen molar-refractivity contribution in [3.8, 4) is 0 Å². The second-order valence-corrected chi connectivity index (χ2v) is 4.81. The molecule has 1 atom stereocenters. The molecule has 1 aliphatic rings. The van der Waals surface area contributed by atoms with Gasteiger partial charge in [-0.1, -0.05) is 24.6 Å². The first-order chi connectivity index (χ1) is 8.16. The Bertz CT molecular complexity index is 397. The highest BCUT2D eigenvalue weighted by molar-refractivity contribution is 5.91. The monoisotopic (exact) mass is 233 g/mol. The van der Waals surface area contributed by atoms with Crippen molar-refractivity contribution in [2.24, 2.45) is 5.92 Å². The molecule has 0 bridgehead atoms. The zero-order valence-electron chi connectivity index (χ0n) is 10.1. The van der Waals surface area contributed by atoms with Crippen molar-refractivity contribution >= 4 is 11.6 Å². The molecule has 0 heterocycles. The summed E-state index contributed by atoms with van der Waals surface area (Å²) >= 11 is 0. The number of carbonyl (C=O) groups excluding carboxylic acids is 1. The summed E-state index contributed by atoms with van der Waals surface area (Å²) in [5, 5.41) is 12.5. The molecule has 1 aliphatic carbocycles. The van der Waals surface area contributed by atoms with E-state index in [0.717, 1.165) is 11.3 Å². The van der Waals surface area contributed by atoms with Crippen LogP contribution in [0.4, 0.5) is 5.69 Å². The predicted octanol–water partition coefficient (Wildman–Crippen LogP) is 2.87. The highest BCUT2D eigenvalue weighted by Gasteiger charge is 2.21. The Balaban J connectivity index is 1.99. The lowest BCUT2D eigenvalue weighted by molar-refractivity contribution is -0.117. The van der Waals surface area contributed by atoms with Gasteiger partial charge in [-0.25, -0.2) is 0 Å². The second kappa shape index (κ2) is 5.32. The number of aliphatic hydroxyl groups is 1. The zero-order chi connectivity index (χ0) is 12.3. The maximum absolute atomic E-state index is 11.8. The Morgan fingerprint density at radius 2 is 2.18 bits per heavy atom. The van der Waals surface area contributed by atoms with E-state index in [-0.39, 0.29) is 5.91 Å². The summed E-state index contributed by atoms with van der Waals surface area (Å²) in [5.74, 6) is 0.622. The van der Waals surface area contributed by atoms with Crippen molar-refractivity contribution < 1.29 is 9.90 Å². The smallest absolute Gasteiger partial charge is 0.224 e. The van der Waals surface area contributed by atoms with Crippen LogP contribution in [0.3, 0.4) is 0 Å². The summed E-state index contributed by atoms with van der Waals surface area (Å²) in [5.41, 5.74) is 1.50. The van der Waals surface area contributed by atoms with Gasteiger partial charge in [0, 0.05) is 17.7 Å². The molecule has 2 N–H and O–H groups in total. The first-order valence-corrected chi connectivity index (χ1v) is 6.23. The molecule has 1 unspecified atom stereocenters. The third kappa shape index (κ3) is 3.07. The molecule has 1 aromatic rings. The fourth-order valence-corrected chi connectivity index (χ4v) is 2.14. The number of aliphatic hydroxyl groups excluding tert-OH is 1. The molecular weight excluding hydrogens is 214 g/mol. The average Bonchev–Trinajstić information content (AvgIpc) is 2.24. The SMILES string of the molecule is CC(O)c1ccccc1NC(=O)CC1CCC1. The second-order valence-electron chi connectivity index (χ2n) is 4.81. The third-order valence-corrected chi connectivity index (χ3v) is 3.38. The minimum Gasteiger partial charge on any atom is -0.389 e. The van der Waals surface area contributed by atoms with Crippen LogP contribution in [0, 0.1) is 5.92 Å². The van der Waals surface area contributed by atoms with Gasteiger partial charge in [0.2, 0.25) is 5.91 Å². The summed E-state index contributed by atoms with van der Waals surface area (Å²) in [4.78, 5) is 11.8. The average molecular weight is 233 g/mol. The quantitative estimate of drug-likeness (QED) is 0.840. The Morgan fingerprint density at radius 3 is 2.76 bits per heavy atom. The largest absolute Gasteiger partial charge is 0.389 e. The van der Waals surface area contributed by atoms with Crippen LogP contribution in [0.1, 0.15) is 44.3 Å². The number of benzene rings is 1. The highest BCUT2D eigenvalue weighted by atomic mass is 16.3. The lowest BCUT2D eigenvalue weighted by Crippen LogP contribution is -2.21. The van der Waals surface area contributed by atoms with E-state index in [4.69, 9.17) is 0 Å². The van der Waals surface area contributed by atoms with Gasteiger partial charge in [-0.2, -0.15) is 0 Å². The summed E-state index contributed by atoms with van der Waals surface area (Å²) < 4.78 is 0. The molecule has 0 aliphatic heterocycles. The molecule has 0 aromatic heterocycles. The molecule has 0 radical (unpaired) electrons. The topological polar surface area (TPSA) is 49.3 Å². The molecule has 3 heteroatoms. The lowest BCUT2D eigenvalue weighted by atomic mass is 9.83. The van der Waals surface area contributed by atoms with Gasteiger partial charge < -0.3 is 10.4 Å². The van der Waals surface area contributed by atoms with Gasteiger partial charge in [0.15, 0.2) is 0 Å². The summed E-state index contributed by atoms with van der Waals surface area (Å²) in [7, 11) is 0.